The molecule has 1 unspecified atom stereocenters. The quantitative estimate of drug-likeness (QED) is 0.461. The number of hydrogen-bond donors (Lipinski definition) is 2. The molecule has 2 aromatic rings. The van der Waals surface area contributed by atoms with E-state index < -0.39 is 47.0 Å². The lowest BCUT2D eigenvalue weighted by Gasteiger charge is -2.23. The van der Waals surface area contributed by atoms with E-state index in [-0.39, 0.29) is 37.5 Å². The molecule has 34 heavy (non-hydrogen) atoms. The van der Waals surface area contributed by atoms with Crippen molar-refractivity contribution in [2.75, 3.05) is 0 Å². The van der Waals surface area contributed by atoms with Gasteiger partial charge in [-0.2, -0.15) is 13.2 Å². The topological polar surface area (TPSA) is 103 Å². The molecule has 2 N–H and O–H groups in total. The first-order valence-corrected chi connectivity index (χ1v) is 10.2. The Morgan fingerprint density at radius 3 is 2.47 bits per heavy atom. The fourth-order valence-electron chi connectivity index (χ4n) is 3.12. The van der Waals surface area contributed by atoms with Crippen LogP contribution in [0.15, 0.2) is 51.5 Å². The van der Waals surface area contributed by atoms with Gasteiger partial charge in [-0.25, -0.2) is 13.8 Å². The molecule has 1 aliphatic rings. The van der Waals surface area contributed by atoms with Crippen LogP contribution in [0, 0.1) is 5.82 Å². The fraction of sp³-hybridized carbons (Fsp3) is 0.333. The maximum absolute atomic E-state index is 14.7. The first-order valence-electron chi connectivity index (χ1n) is 9.81. The lowest BCUT2D eigenvalue weighted by molar-refractivity contribution is -0.144. The third-order valence-corrected chi connectivity index (χ3v) is 5.20. The molecule has 1 atom stereocenters. The van der Waals surface area contributed by atoms with Crippen molar-refractivity contribution in [1.82, 2.24) is 9.13 Å². The number of rotatable bonds is 6. The van der Waals surface area contributed by atoms with Crippen molar-refractivity contribution in [2.45, 2.75) is 38.3 Å². The number of allylic oxidation sites excluding steroid dienone is 3. The molecular weight excluding hydrogens is 488 g/mol. The zero-order valence-corrected chi connectivity index (χ0v) is 18.5. The van der Waals surface area contributed by atoms with Gasteiger partial charge in [-0.15, -0.1) is 0 Å². The van der Waals surface area contributed by atoms with E-state index in [9.17, 15) is 37.4 Å². The van der Waals surface area contributed by atoms with E-state index in [1.165, 1.54) is 13.0 Å². The largest absolute Gasteiger partial charge is 0.486 e. The summed E-state index contributed by atoms with van der Waals surface area (Å²) in [7, 11) is 0.796. The molecule has 0 fully saturated rings. The van der Waals surface area contributed by atoms with Crippen molar-refractivity contribution in [3.05, 3.63) is 79.2 Å². The van der Waals surface area contributed by atoms with Crippen LogP contribution in [0.5, 0.6) is 5.75 Å². The van der Waals surface area contributed by atoms with Crippen LogP contribution in [0.3, 0.4) is 0 Å². The van der Waals surface area contributed by atoms with Crippen LogP contribution in [-0.4, -0.2) is 31.7 Å². The zero-order chi connectivity index (χ0) is 25.4. The van der Waals surface area contributed by atoms with Gasteiger partial charge in [-0.1, -0.05) is 17.7 Å². The molecule has 0 spiro atoms. The summed E-state index contributed by atoms with van der Waals surface area (Å²) in [5.41, 5.74) is -5.02. The Hall–Kier alpha value is -3.09. The molecule has 0 aliphatic heterocycles. The summed E-state index contributed by atoms with van der Waals surface area (Å²) < 4.78 is 65.6. The Bertz CT molecular complexity index is 1280. The van der Waals surface area contributed by atoms with Crippen molar-refractivity contribution >= 4 is 11.6 Å². The molecule has 0 saturated carbocycles. The second kappa shape index (κ2) is 9.65. The highest BCUT2D eigenvalue weighted by Gasteiger charge is 2.35. The van der Waals surface area contributed by atoms with Crippen LogP contribution in [0.1, 0.15) is 25.5 Å². The van der Waals surface area contributed by atoms with E-state index in [1.807, 2.05) is 0 Å². The van der Waals surface area contributed by atoms with Crippen LogP contribution in [-0.2, 0) is 18.0 Å². The van der Waals surface area contributed by atoms with Crippen LogP contribution in [0.25, 0.3) is 5.69 Å². The summed E-state index contributed by atoms with van der Waals surface area (Å²) in [6.07, 6.45) is -3.66. The fourth-order valence-corrected chi connectivity index (χ4v) is 3.31. The van der Waals surface area contributed by atoms with Crippen molar-refractivity contribution in [3.8, 4) is 11.4 Å². The van der Waals surface area contributed by atoms with E-state index in [0.717, 1.165) is 19.2 Å². The Balaban J connectivity index is 2.11. The number of nitrogens with zero attached hydrogens (tertiary/aromatic N) is 2. The van der Waals surface area contributed by atoms with E-state index in [2.05, 4.69) is 0 Å². The highest BCUT2D eigenvalue weighted by molar-refractivity contribution is 6.32. The van der Waals surface area contributed by atoms with Gasteiger partial charge in [0.15, 0.2) is 12.0 Å². The van der Waals surface area contributed by atoms with E-state index >= 15 is 0 Å². The summed E-state index contributed by atoms with van der Waals surface area (Å²) >= 11 is 6.06. The molecule has 8 nitrogen and oxygen atoms in total. The summed E-state index contributed by atoms with van der Waals surface area (Å²) in [4.78, 5) is 24.9. The van der Waals surface area contributed by atoms with Crippen molar-refractivity contribution in [1.29, 1.82) is 0 Å². The number of aliphatic hydroxyl groups is 2. The first kappa shape index (κ1) is 25.5. The van der Waals surface area contributed by atoms with Crippen molar-refractivity contribution < 1.29 is 37.2 Å². The highest BCUT2D eigenvalue weighted by Crippen LogP contribution is 2.33. The first-order chi connectivity index (χ1) is 15.8. The normalized spacial score (nSPS) is 15.1. The summed E-state index contributed by atoms with van der Waals surface area (Å²) in [5.74, 6) is -1.07. The minimum absolute atomic E-state index is 0.0888. The Morgan fingerprint density at radius 1 is 1.18 bits per heavy atom. The second-order valence-electron chi connectivity index (χ2n) is 7.34. The third-order valence-electron chi connectivity index (χ3n) is 4.90. The summed E-state index contributed by atoms with van der Waals surface area (Å²) in [5, 5.41) is 18.3. The van der Waals surface area contributed by atoms with E-state index in [0.29, 0.717) is 12.8 Å². The summed E-state index contributed by atoms with van der Waals surface area (Å²) in [6, 6.07) is 1.81. The smallest absolute Gasteiger partial charge is 0.431 e. The van der Waals surface area contributed by atoms with Gasteiger partial charge in [-0.05, 0) is 25.5 Å². The second-order valence-corrected chi connectivity index (χ2v) is 7.75. The van der Waals surface area contributed by atoms with Gasteiger partial charge in [0.1, 0.15) is 29.1 Å². The SMILES string of the molecule is CC(OC1=C(Oc2cc(-n3c(=O)cc(C(F)(F)F)n(C)c3=O)c(F)cc2Cl)C=CCC1)C(O)O. The molecule has 1 heterocycles. The number of alkyl halides is 3. The maximum Gasteiger partial charge on any atom is 0.431 e. The molecule has 1 aromatic carbocycles. The average molecular weight is 507 g/mol. The van der Waals surface area contributed by atoms with Gasteiger partial charge >= 0.3 is 11.9 Å². The molecule has 184 valence electrons. The third kappa shape index (κ3) is 5.18. The molecule has 0 bridgehead atoms. The van der Waals surface area contributed by atoms with Crippen LogP contribution in [0.4, 0.5) is 17.6 Å². The van der Waals surface area contributed by atoms with Crippen LogP contribution in [0.2, 0.25) is 5.02 Å². The predicted molar refractivity (Wildman–Crippen MR) is 112 cm³/mol. The summed E-state index contributed by atoms with van der Waals surface area (Å²) in [6.45, 7) is 1.41. The number of benzene rings is 1. The van der Waals surface area contributed by atoms with Gasteiger partial charge in [0.25, 0.3) is 5.56 Å². The highest BCUT2D eigenvalue weighted by atomic mass is 35.5. The number of aliphatic hydroxyl groups excluding tert-OH is 1. The molecule has 1 aromatic heterocycles. The van der Waals surface area contributed by atoms with Gasteiger partial charge in [0.2, 0.25) is 0 Å². The maximum atomic E-state index is 14.7. The average Bonchev–Trinajstić information content (AvgIpc) is 2.74. The number of halogens is 5. The van der Waals surface area contributed by atoms with Crippen LogP contribution < -0.4 is 16.0 Å². The van der Waals surface area contributed by atoms with Gasteiger partial charge in [-0.3, -0.25) is 9.36 Å². The Morgan fingerprint density at radius 2 is 1.85 bits per heavy atom. The minimum atomic E-state index is -4.98. The predicted octanol–water partition coefficient (Wildman–Crippen LogP) is 3.00. The molecule has 3 rings (SSSR count). The number of ether oxygens (including phenoxy) is 2. The monoisotopic (exact) mass is 506 g/mol. The number of aromatic nitrogens is 2. The lowest BCUT2D eigenvalue weighted by Crippen LogP contribution is -2.41. The van der Waals surface area contributed by atoms with Gasteiger partial charge in [0.05, 0.1) is 10.7 Å². The Kier molecular flexibility index (Phi) is 7.24. The molecule has 1 aliphatic carbocycles. The minimum Gasteiger partial charge on any atom is -0.486 e. The standard InChI is InChI=1S/C21H19ClF4N2O6/c1-10(19(30)31)33-14-5-3-4-6-15(14)34-16-8-13(12(23)7-11(16)22)28-18(29)9-17(21(24,25)26)27(2)20(28)32/h4,6-10,19,30-31H,3,5H2,1-2H3. The van der Waals surface area contributed by atoms with Crippen molar-refractivity contribution in [3.63, 3.8) is 0 Å². The Labute approximate surface area is 194 Å². The molecule has 0 amide bonds. The lowest BCUT2D eigenvalue weighted by atomic mass is 10.1. The van der Waals surface area contributed by atoms with Gasteiger partial charge < -0.3 is 19.7 Å². The molecular formula is C21H19ClF4N2O6. The van der Waals surface area contributed by atoms with Gasteiger partial charge in [0, 0.05) is 25.6 Å². The van der Waals surface area contributed by atoms with Crippen LogP contribution >= 0.6 is 11.6 Å². The zero-order valence-electron chi connectivity index (χ0n) is 17.8. The molecule has 0 saturated heterocycles. The molecule has 0 radical (unpaired) electrons. The number of hydrogen-bond acceptors (Lipinski definition) is 6. The van der Waals surface area contributed by atoms with Crippen molar-refractivity contribution in [2.24, 2.45) is 7.05 Å². The van der Waals surface area contributed by atoms with E-state index in [1.54, 1.807) is 6.08 Å². The van der Waals surface area contributed by atoms with E-state index in [4.69, 9.17) is 21.1 Å². The molecule has 13 heteroatoms.